The summed E-state index contributed by atoms with van der Waals surface area (Å²) in [6.45, 7) is 0. The van der Waals surface area contributed by atoms with Gasteiger partial charge in [-0.05, 0) is 24.3 Å². The van der Waals surface area contributed by atoms with Crippen molar-refractivity contribution in [1.29, 1.82) is 0 Å². The first-order valence-corrected chi connectivity index (χ1v) is 10.3. The standard InChI is InChI=1S/2C8H7NO4S/c2*10-14(11,12)13-8-5-9-7-4-2-1-3-6(7)8/h2*1-5,9H,(H,10,11,12). The van der Waals surface area contributed by atoms with Crippen molar-refractivity contribution in [2.45, 2.75) is 0 Å². The van der Waals surface area contributed by atoms with Crippen molar-refractivity contribution in [3.05, 3.63) is 60.9 Å². The highest BCUT2D eigenvalue weighted by atomic mass is 32.3. The van der Waals surface area contributed by atoms with Gasteiger partial charge < -0.3 is 18.3 Å². The van der Waals surface area contributed by atoms with E-state index in [0.29, 0.717) is 10.8 Å². The molecule has 10 nitrogen and oxygen atoms in total. The first-order valence-electron chi connectivity index (χ1n) is 7.58. The maximum Gasteiger partial charge on any atom is 0.446 e. The molecule has 0 spiro atoms. The highest BCUT2D eigenvalue weighted by molar-refractivity contribution is 7.81. The number of nitrogens with one attached hydrogen (secondary N) is 2. The normalized spacial score (nSPS) is 11.8. The van der Waals surface area contributed by atoms with Gasteiger partial charge in [0.05, 0.1) is 0 Å². The van der Waals surface area contributed by atoms with Crippen molar-refractivity contribution in [3.8, 4) is 11.5 Å². The Morgan fingerprint density at radius 1 is 0.643 bits per heavy atom. The fourth-order valence-electron chi connectivity index (χ4n) is 2.45. The number of rotatable bonds is 4. The number of benzene rings is 2. The van der Waals surface area contributed by atoms with Gasteiger partial charge in [-0.15, -0.1) is 0 Å². The number of para-hydroxylation sites is 2. The number of fused-ring (bicyclic) bond motifs is 2. The summed E-state index contributed by atoms with van der Waals surface area (Å²) in [5, 5.41) is 1.20. The van der Waals surface area contributed by atoms with Gasteiger partial charge in [0.25, 0.3) is 0 Å². The van der Waals surface area contributed by atoms with Gasteiger partial charge in [0, 0.05) is 34.2 Å². The van der Waals surface area contributed by atoms with E-state index in [1.807, 2.05) is 0 Å². The molecule has 28 heavy (non-hydrogen) atoms. The first kappa shape index (κ1) is 19.7. The van der Waals surface area contributed by atoms with Crippen molar-refractivity contribution in [2.75, 3.05) is 0 Å². The van der Waals surface area contributed by atoms with E-state index >= 15 is 0 Å². The van der Waals surface area contributed by atoms with Crippen LogP contribution in [0, 0.1) is 0 Å². The fraction of sp³-hybridized carbons (Fsp3) is 0. The molecule has 0 aliphatic carbocycles. The van der Waals surface area contributed by atoms with E-state index in [1.165, 1.54) is 12.4 Å². The van der Waals surface area contributed by atoms with Crippen molar-refractivity contribution in [1.82, 2.24) is 9.97 Å². The Morgan fingerprint density at radius 3 is 1.36 bits per heavy atom. The van der Waals surface area contributed by atoms with Gasteiger partial charge in [-0.25, -0.2) is 0 Å². The molecular formula is C16H14N2O8S2. The zero-order valence-corrected chi connectivity index (χ0v) is 15.6. The van der Waals surface area contributed by atoms with Crippen LogP contribution in [0.4, 0.5) is 0 Å². The van der Waals surface area contributed by atoms with Gasteiger partial charge in [-0.3, -0.25) is 9.11 Å². The molecule has 0 bridgehead atoms. The molecule has 0 saturated carbocycles. The monoisotopic (exact) mass is 426 g/mol. The lowest BCUT2D eigenvalue weighted by Crippen LogP contribution is -2.05. The van der Waals surface area contributed by atoms with Crippen molar-refractivity contribution < 1.29 is 34.3 Å². The quantitative estimate of drug-likeness (QED) is 0.363. The molecule has 4 rings (SSSR count). The van der Waals surface area contributed by atoms with Gasteiger partial charge in [0.15, 0.2) is 11.5 Å². The third-order valence-corrected chi connectivity index (χ3v) is 4.27. The Bertz CT molecular complexity index is 1220. The van der Waals surface area contributed by atoms with Gasteiger partial charge in [0.1, 0.15) is 0 Å². The minimum atomic E-state index is -4.46. The Kier molecular flexibility index (Phi) is 5.29. The van der Waals surface area contributed by atoms with Crippen molar-refractivity contribution in [2.24, 2.45) is 0 Å². The molecule has 0 aliphatic heterocycles. The van der Waals surface area contributed by atoms with E-state index < -0.39 is 20.8 Å². The molecule has 12 heteroatoms. The second-order valence-corrected chi connectivity index (χ2v) is 7.46. The Morgan fingerprint density at radius 2 is 1.00 bits per heavy atom. The van der Waals surface area contributed by atoms with Crippen molar-refractivity contribution in [3.63, 3.8) is 0 Å². The molecule has 0 saturated heterocycles. The summed E-state index contributed by atoms with van der Waals surface area (Å²) in [5.74, 6) is 0.172. The SMILES string of the molecule is O=S(=O)(O)Oc1c[nH]c2ccccc12.O=S(=O)(O)Oc1c[nH]c2ccccc12. The van der Waals surface area contributed by atoms with E-state index in [9.17, 15) is 16.8 Å². The summed E-state index contributed by atoms with van der Waals surface area (Å²) in [4.78, 5) is 5.62. The summed E-state index contributed by atoms with van der Waals surface area (Å²) in [6.07, 6.45) is 2.75. The number of hydrogen-bond donors (Lipinski definition) is 4. The average molecular weight is 426 g/mol. The molecule has 2 aromatic carbocycles. The van der Waals surface area contributed by atoms with Crippen LogP contribution < -0.4 is 8.37 Å². The smallest absolute Gasteiger partial charge is 0.360 e. The van der Waals surface area contributed by atoms with Crippen LogP contribution in [0.3, 0.4) is 0 Å². The van der Waals surface area contributed by atoms with Crippen LogP contribution in [0.1, 0.15) is 0 Å². The highest BCUT2D eigenvalue weighted by Gasteiger charge is 2.12. The molecule has 4 aromatic rings. The highest BCUT2D eigenvalue weighted by Crippen LogP contribution is 2.26. The second-order valence-electron chi connectivity index (χ2n) is 5.42. The zero-order chi connectivity index (χ0) is 20.4. The van der Waals surface area contributed by atoms with Crippen LogP contribution in [0.5, 0.6) is 11.5 Å². The van der Waals surface area contributed by atoms with E-state index in [4.69, 9.17) is 9.11 Å². The third kappa shape index (κ3) is 5.01. The molecule has 148 valence electrons. The molecule has 0 amide bonds. The minimum Gasteiger partial charge on any atom is -0.360 e. The van der Waals surface area contributed by atoms with Gasteiger partial charge in [0.2, 0.25) is 0 Å². The van der Waals surface area contributed by atoms with Gasteiger partial charge >= 0.3 is 20.8 Å². The fourth-order valence-corrected chi connectivity index (χ4v) is 3.18. The van der Waals surface area contributed by atoms with Crippen LogP contribution in [0.25, 0.3) is 21.8 Å². The lowest BCUT2D eigenvalue weighted by molar-refractivity contribution is 0.386. The Balaban J connectivity index is 0.000000161. The van der Waals surface area contributed by atoms with E-state index in [1.54, 1.807) is 48.5 Å². The molecule has 2 aromatic heterocycles. The molecular weight excluding hydrogens is 412 g/mol. The van der Waals surface area contributed by atoms with Crippen LogP contribution in [-0.2, 0) is 20.8 Å². The Hall–Kier alpha value is -3.06. The topological polar surface area (TPSA) is 159 Å². The van der Waals surface area contributed by atoms with Gasteiger partial charge in [-0.1, -0.05) is 24.3 Å². The number of hydrogen-bond acceptors (Lipinski definition) is 6. The van der Waals surface area contributed by atoms with Crippen LogP contribution >= 0.6 is 0 Å². The van der Waals surface area contributed by atoms with E-state index in [2.05, 4.69) is 18.3 Å². The lowest BCUT2D eigenvalue weighted by atomic mass is 10.2. The molecule has 4 N–H and O–H groups in total. The van der Waals surface area contributed by atoms with Crippen LogP contribution in [0.15, 0.2) is 60.9 Å². The van der Waals surface area contributed by atoms with Crippen LogP contribution in [0.2, 0.25) is 0 Å². The Labute approximate surface area is 159 Å². The molecule has 0 atom stereocenters. The van der Waals surface area contributed by atoms with Crippen molar-refractivity contribution >= 4 is 42.6 Å². The predicted octanol–water partition coefficient (Wildman–Crippen LogP) is 2.70. The summed E-state index contributed by atoms with van der Waals surface area (Å²) in [6, 6.07) is 14.0. The lowest BCUT2D eigenvalue weighted by Gasteiger charge is -1.97. The second kappa shape index (κ2) is 7.52. The summed E-state index contributed by atoms with van der Waals surface area (Å²) >= 11 is 0. The molecule has 0 radical (unpaired) electrons. The first-order chi connectivity index (χ1) is 13.1. The number of H-pyrrole nitrogens is 2. The average Bonchev–Trinajstić information content (AvgIpc) is 3.18. The summed E-state index contributed by atoms with van der Waals surface area (Å²) in [7, 11) is -8.92. The molecule has 0 unspecified atom stereocenters. The van der Waals surface area contributed by atoms with E-state index in [0.717, 1.165) is 11.0 Å². The third-order valence-electron chi connectivity index (χ3n) is 3.49. The maximum absolute atomic E-state index is 10.5. The van der Waals surface area contributed by atoms with Crippen LogP contribution in [-0.4, -0.2) is 35.9 Å². The molecule has 2 heterocycles. The number of aromatic amines is 2. The molecule has 0 aliphatic rings. The molecule has 0 fully saturated rings. The van der Waals surface area contributed by atoms with E-state index in [-0.39, 0.29) is 11.5 Å². The minimum absolute atomic E-state index is 0.0862. The maximum atomic E-state index is 10.5. The summed E-state index contributed by atoms with van der Waals surface area (Å²) in [5.41, 5.74) is 1.48. The summed E-state index contributed by atoms with van der Waals surface area (Å²) < 4.78 is 67.5. The zero-order valence-electron chi connectivity index (χ0n) is 13.9. The van der Waals surface area contributed by atoms with Gasteiger partial charge in [-0.2, -0.15) is 16.8 Å². The number of aromatic nitrogens is 2. The largest absolute Gasteiger partial charge is 0.446 e. The predicted molar refractivity (Wildman–Crippen MR) is 101 cm³/mol.